The number of hydrogen-bond acceptors (Lipinski definition) is 5. The van der Waals surface area contributed by atoms with E-state index in [-0.39, 0.29) is 5.91 Å². The summed E-state index contributed by atoms with van der Waals surface area (Å²) < 4.78 is 5.19. The second-order valence-corrected chi connectivity index (χ2v) is 7.61. The summed E-state index contributed by atoms with van der Waals surface area (Å²) in [5.74, 6) is 2.78. The number of nitrogens with one attached hydrogen (secondary N) is 3. The highest BCUT2D eigenvalue weighted by Crippen LogP contribution is 2.19. The van der Waals surface area contributed by atoms with Crippen LogP contribution in [-0.2, 0) is 13.0 Å². The van der Waals surface area contributed by atoms with Gasteiger partial charge in [0.25, 0.3) is 5.91 Å². The number of guanidine groups is 1. The number of aromatic amines is 1. The highest BCUT2D eigenvalue weighted by Gasteiger charge is 2.09. The maximum absolute atomic E-state index is 12.2. The van der Waals surface area contributed by atoms with Gasteiger partial charge < -0.3 is 20.3 Å². The van der Waals surface area contributed by atoms with E-state index in [2.05, 4.69) is 30.8 Å². The summed E-state index contributed by atoms with van der Waals surface area (Å²) in [5, 5.41) is 13.8. The zero-order valence-electron chi connectivity index (χ0n) is 19.6. The highest BCUT2D eigenvalue weighted by atomic mass is 16.5. The lowest BCUT2D eigenvalue weighted by Crippen LogP contribution is -2.38. The number of nitrogens with zero attached hydrogens (tertiary/aromatic N) is 4. The van der Waals surface area contributed by atoms with Crippen LogP contribution >= 0.6 is 0 Å². The van der Waals surface area contributed by atoms with Crippen molar-refractivity contribution in [2.75, 3.05) is 34.3 Å². The summed E-state index contributed by atoms with van der Waals surface area (Å²) in [6.45, 7) is 3.81. The molecule has 0 bridgehead atoms. The second kappa shape index (κ2) is 11.7. The van der Waals surface area contributed by atoms with Crippen LogP contribution in [0.15, 0.2) is 53.5 Å². The van der Waals surface area contributed by atoms with Crippen LogP contribution in [0.2, 0.25) is 0 Å². The summed E-state index contributed by atoms with van der Waals surface area (Å²) in [6.07, 6.45) is 0.767. The number of ether oxygens (including phenoxy) is 1. The van der Waals surface area contributed by atoms with Gasteiger partial charge in [-0.1, -0.05) is 12.1 Å². The molecule has 1 heterocycles. The molecule has 3 N–H and O–H groups in total. The molecule has 0 atom stereocenters. The number of benzene rings is 2. The predicted molar refractivity (Wildman–Crippen MR) is 129 cm³/mol. The first-order chi connectivity index (χ1) is 16.0. The number of H-pyrrole nitrogens is 1. The average molecular weight is 450 g/mol. The molecule has 0 saturated carbocycles. The van der Waals surface area contributed by atoms with Crippen LogP contribution in [-0.4, -0.2) is 66.2 Å². The van der Waals surface area contributed by atoms with Gasteiger partial charge in [0.2, 0.25) is 0 Å². The summed E-state index contributed by atoms with van der Waals surface area (Å²) in [7, 11) is 5.14. The standard InChI is InChI=1S/C24H31N7O2/c1-5-25-24(26-14-13-17-7-6-8-19(15-17)23(32)31(2)3)27-16-21-28-22(30-29-21)18-9-11-20(33-4)12-10-18/h6-12,15H,5,13-14,16H2,1-4H3,(H2,25,26,27)(H,28,29,30). The lowest BCUT2D eigenvalue weighted by Gasteiger charge is -2.13. The third kappa shape index (κ3) is 6.80. The number of carbonyl (C=O) groups is 1. The van der Waals surface area contributed by atoms with E-state index in [4.69, 9.17) is 4.74 Å². The van der Waals surface area contributed by atoms with E-state index in [1.807, 2.05) is 55.5 Å². The van der Waals surface area contributed by atoms with E-state index >= 15 is 0 Å². The van der Waals surface area contributed by atoms with Gasteiger partial charge in [0.1, 0.15) is 18.1 Å². The summed E-state index contributed by atoms with van der Waals surface area (Å²) >= 11 is 0. The van der Waals surface area contributed by atoms with Crippen LogP contribution in [0.4, 0.5) is 0 Å². The molecule has 0 aliphatic carbocycles. The number of rotatable bonds is 9. The van der Waals surface area contributed by atoms with Crippen molar-refractivity contribution in [3.8, 4) is 17.1 Å². The molecule has 1 aromatic heterocycles. The van der Waals surface area contributed by atoms with Gasteiger partial charge in [0.05, 0.1) is 7.11 Å². The van der Waals surface area contributed by atoms with E-state index in [9.17, 15) is 4.79 Å². The fourth-order valence-corrected chi connectivity index (χ4v) is 3.17. The summed E-state index contributed by atoms with van der Waals surface area (Å²) in [6, 6.07) is 15.3. The van der Waals surface area contributed by atoms with Gasteiger partial charge in [0, 0.05) is 38.3 Å². The van der Waals surface area contributed by atoms with Crippen molar-refractivity contribution in [3.63, 3.8) is 0 Å². The molecule has 0 spiro atoms. The monoisotopic (exact) mass is 449 g/mol. The number of carbonyl (C=O) groups excluding carboxylic acids is 1. The first kappa shape index (κ1) is 23.8. The minimum absolute atomic E-state index is 0.000719. The van der Waals surface area contributed by atoms with E-state index in [1.54, 1.807) is 26.1 Å². The van der Waals surface area contributed by atoms with Gasteiger partial charge in [0.15, 0.2) is 11.8 Å². The Hall–Kier alpha value is -3.88. The third-order valence-corrected chi connectivity index (χ3v) is 4.90. The van der Waals surface area contributed by atoms with Gasteiger partial charge in [-0.2, -0.15) is 5.10 Å². The van der Waals surface area contributed by atoms with Crippen LogP contribution in [0.5, 0.6) is 5.75 Å². The Balaban J connectivity index is 1.57. The van der Waals surface area contributed by atoms with Crippen molar-refractivity contribution in [3.05, 3.63) is 65.5 Å². The Labute approximate surface area is 194 Å². The van der Waals surface area contributed by atoms with Gasteiger partial charge in [-0.25, -0.2) is 9.98 Å². The van der Waals surface area contributed by atoms with Gasteiger partial charge in [-0.3, -0.25) is 9.89 Å². The lowest BCUT2D eigenvalue weighted by atomic mass is 10.1. The van der Waals surface area contributed by atoms with E-state index < -0.39 is 0 Å². The number of methoxy groups -OCH3 is 1. The van der Waals surface area contributed by atoms with Crippen molar-refractivity contribution in [2.45, 2.75) is 19.9 Å². The largest absolute Gasteiger partial charge is 0.497 e. The molecule has 3 rings (SSSR count). The Kier molecular flexibility index (Phi) is 8.40. The van der Waals surface area contributed by atoms with Gasteiger partial charge in [-0.05, 0) is 55.3 Å². The lowest BCUT2D eigenvalue weighted by molar-refractivity contribution is 0.0827. The van der Waals surface area contributed by atoms with Crippen molar-refractivity contribution in [2.24, 2.45) is 4.99 Å². The van der Waals surface area contributed by atoms with Crippen LogP contribution in [0.25, 0.3) is 11.4 Å². The van der Waals surface area contributed by atoms with E-state index in [0.717, 1.165) is 29.8 Å². The van der Waals surface area contributed by atoms with Crippen LogP contribution in [0, 0.1) is 0 Å². The SMILES string of the molecule is CCNC(=NCc1nc(-c2ccc(OC)cc2)n[nH]1)NCCc1cccc(C(=O)N(C)C)c1. The molecule has 0 radical (unpaired) electrons. The first-order valence-corrected chi connectivity index (χ1v) is 10.9. The third-order valence-electron chi connectivity index (χ3n) is 4.90. The topological polar surface area (TPSA) is 108 Å². The molecule has 174 valence electrons. The second-order valence-electron chi connectivity index (χ2n) is 7.61. The molecule has 0 aliphatic heterocycles. The van der Waals surface area contributed by atoms with Crippen LogP contribution < -0.4 is 15.4 Å². The fourth-order valence-electron chi connectivity index (χ4n) is 3.17. The van der Waals surface area contributed by atoms with E-state index in [1.165, 1.54) is 0 Å². The molecule has 0 unspecified atom stereocenters. The average Bonchev–Trinajstić information content (AvgIpc) is 3.31. The maximum Gasteiger partial charge on any atom is 0.253 e. The van der Waals surface area contributed by atoms with Crippen LogP contribution in [0.1, 0.15) is 28.7 Å². The predicted octanol–water partition coefficient (Wildman–Crippen LogP) is 2.48. The number of aromatic nitrogens is 3. The molecule has 3 aromatic rings. The Morgan fingerprint density at radius 2 is 1.94 bits per heavy atom. The maximum atomic E-state index is 12.2. The summed E-state index contributed by atoms with van der Waals surface area (Å²) in [5.41, 5.74) is 2.68. The highest BCUT2D eigenvalue weighted by molar-refractivity contribution is 5.94. The molecular formula is C24H31N7O2. The Bertz CT molecular complexity index is 1070. The fraction of sp³-hybridized carbons (Fsp3) is 0.333. The Morgan fingerprint density at radius 3 is 2.64 bits per heavy atom. The smallest absolute Gasteiger partial charge is 0.253 e. The van der Waals surface area contributed by atoms with Crippen molar-refractivity contribution < 1.29 is 9.53 Å². The number of aliphatic imine (C=N–C) groups is 1. The number of hydrogen-bond donors (Lipinski definition) is 3. The zero-order valence-corrected chi connectivity index (χ0v) is 19.6. The molecule has 0 fully saturated rings. The number of amides is 1. The van der Waals surface area contributed by atoms with Crippen molar-refractivity contribution in [1.29, 1.82) is 0 Å². The normalized spacial score (nSPS) is 11.2. The molecule has 0 aliphatic rings. The molecule has 1 amide bonds. The van der Waals surface area contributed by atoms with Crippen molar-refractivity contribution >= 4 is 11.9 Å². The van der Waals surface area contributed by atoms with E-state index in [0.29, 0.717) is 36.3 Å². The minimum Gasteiger partial charge on any atom is -0.497 e. The molecular weight excluding hydrogens is 418 g/mol. The quantitative estimate of drug-likeness (QED) is 0.342. The summed E-state index contributed by atoms with van der Waals surface area (Å²) in [4.78, 5) is 22.9. The molecule has 9 nitrogen and oxygen atoms in total. The molecule has 0 saturated heterocycles. The molecule has 9 heteroatoms. The molecule has 33 heavy (non-hydrogen) atoms. The zero-order chi connectivity index (χ0) is 23.6. The molecule has 2 aromatic carbocycles. The Morgan fingerprint density at radius 1 is 1.15 bits per heavy atom. The van der Waals surface area contributed by atoms with Gasteiger partial charge in [-0.15, -0.1) is 0 Å². The first-order valence-electron chi connectivity index (χ1n) is 10.9. The van der Waals surface area contributed by atoms with Crippen molar-refractivity contribution in [1.82, 2.24) is 30.7 Å². The minimum atomic E-state index is 0.000719. The van der Waals surface area contributed by atoms with Crippen LogP contribution in [0.3, 0.4) is 0 Å². The van der Waals surface area contributed by atoms with Gasteiger partial charge >= 0.3 is 0 Å².